The van der Waals surface area contributed by atoms with Gasteiger partial charge in [0, 0.05) is 6.92 Å². The Bertz CT molecular complexity index is 633. The van der Waals surface area contributed by atoms with Crippen molar-refractivity contribution in [3.8, 4) is 11.1 Å². The topological polar surface area (TPSA) is 21.6 Å². The van der Waals surface area contributed by atoms with Gasteiger partial charge in [0.25, 0.3) is 0 Å². The lowest BCUT2D eigenvalue weighted by Crippen LogP contribution is -2.17. The summed E-state index contributed by atoms with van der Waals surface area (Å²) in [4.78, 5) is 4.22. The van der Waals surface area contributed by atoms with Crippen LogP contribution in [-0.4, -0.2) is 18.0 Å². The van der Waals surface area contributed by atoms with Gasteiger partial charge in [-0.3, -0.25) is 0 Å². The number of rotatable bonds is 2. The Morgan fingerprint density at radius 3 is 1.84 bits per heavy atom. The van der Waals surface area contributed by atoms with Crippen LogP contribution >= 0.6 is 24.0 Å². The van der Waals surface area contributed by atoms with Gasteiger partial charge in [-0.1, -0.05) is 61.5 Å². The first-order valence-corrected chi connectivity index (χ1v) is 8.34. The maximum Gasteiger partial charge on any atom is 0.180 e. The first-order valence-electron chi connectivity index (χ1n) is 8.34. The zero-order valence-electron chi connectivity index (χ0n) is 15.8. The average molecular weight is 451 g/mol. The van der Waals surface area contributed by atoms with Crippen LogP contribution in [0.15, 0.2) is 72.7 Å². The molecule has 0 spiro atoms. The highest BCUT2D eigenvalue weighted by molar-refractivity contribution is 14.0. The van der Waals surface area contributed by atoms with Crippen molar-refractivity contribution in [1.29, 1.82) is 0 Å². The van der Waals surface area contributed by atoms with Gasteiger partial charge in [0.05, 0.1) is 5.54 Å². The quantitative estimate of drug-likeness (QED) is 0.375. The molecule has 1 aliphatic heterocycles. The summed E-state index contributed by atoms with van der Waals surface area (Å²) in [5, 5.41) is 0. The number of nitrogens with zero attached hydrogens (tertiary/aromatic N) is 1. The van der Waals surface area contributed by atoms with Gasteiger partial charge in [0.2, 0.25) is 0 Å². The molecule has 0 amide bonds. The second-order valence-electron chi connectivity index (χ2n) is 6.15. The Labute approximate surface area is 170 Å². The molecule has 0 N–H and O–H groups in total. The maximum atomic E-state index is 5.12. The Balaban J connectivity index is 0.000000451. The van der Waals surface area contributed by atoms with Gasteiger partial charge in [0.15, 0.2) is 5.90 Å². The van der Waals surface area contributed by atoms with Crippen LogP contribution in [0, 0.1) is 0 Å². The Morgan fingerprint density at radius 1 is 0.960 bits per heavy atom. The molecule has 1 heterocycles. The zero-order chi connectivity index (χ0) is 18.0. The lowest BCUT2D eigenvalue weighted by Gasteiger charge is -2.07. The molecule has 0 aromatic heterocycles. The van der Waals surface area contributed by atoms with Gasteiger partial charge in [-0.05, 0) is 37.0 Å². The van der Waals surface area contributed by atoms with Crippen LogP contribution in [0.2, 0.25) is 0 Å². The summed E-state index contributed by atoms with van der Waals surface area (Å²) in [6, 6.07) is 19.2. The Hall–Kier alpha value is -1.62. The van der Waals surface area contributed by atoms with Crippen molar-refractivity contribution in [3.05, 3.63) is 73.3 Å². The van der Waals surface area contributed by atoms with E-state index in [1.54, 1.807) is 0 Å². The van der Waals surface area contributed by atoms with Crippen LogP contribution < -0.4 is 0 Å². The van der Waals surface area contributed by atoms with E-state index < -0.39 is 0 Å². The molecule has 0 fully saturated rings. The maximum absolute atomic E-state index is 5.12. The summed E-state index contributed by atoms with van der Waals surface area (Å²) < 4.78 is 5.12. The number of hydrogen-bond donors (Lipinski definition) is 0. The predicted molar refractivity (Wildman–Crippen MR) is 121 cm³/mol. The smallest absolute Gasteiger partial charge is 0.180 e. The van der Waals surface area contributed by atoms with Crippen molar-refractivity contribution in [2.75, 3.05) is 6.61 Å². The summed E-state index contributed by atoms with van der Waals surface area (Å²) >= 11 is 0. The van der Waals surface area contributed by atoms with Crippen molar-refractivity contribution in [2.24, 2.45) is 4.99 Å². The van der Waals surface area contributed by atoms with Gasteiger partial charge in [0.1, 0.15) is 6.61 Å². The van der Waals surface area contributed by atoms with Crippen molar-refractivity contribution in [2.45, 2.75) is 39.7 Å². The summed E-state index contributed by atoms with van der Waals surface area (Å²) in [5.74, 6) is 0.815. The molecule has 0 saturated carbocycles. The number of hydrogen-bond acceptors (Lipinski definition) is 2. The number of ether oxygens (including phenoxy) is 1. The summed E-state index contributed by atoms with van der Waals surface area (Å²) in [7, 11) is 0. The van der Waals surface area contributed by atoms with Crippen LogP contribution in [0.4, 0.5) is 0 Å². The minimum absolute atomic E-state index is 0. The van der Waals surface area contributed by atoms with Crippen LogP contribution in [0.5, 0.6) is 0 Å². The van der Waals surface area contributed by atoms with Gasteiger partial charge in [-0.25, -0.2) is 4.99 Å². The second-order valence-corrected chi connectivity index (χ2v) is 6.15. The third-order valence-corrected chi connectivity index (χ3v) is 3.56. The highest BCUT2D eigenvalue weighted by Crippen LogP contribution is 2.19. The summed E-state index contributed by atoms with van der Waals surface area (Å²) in [6.45, 7) is 14.9. The van der Waals surface area contributed by atoms with Crippen molar-refractivity contribution >= 4 is 29.9 Å². The highest BCUT2D eigenvalue weighted by atomic mass is 127. The first kappa shape index (κ1) is 23.4. The van der Waals surface area contributed by atoms with Crippen LogP contribution in [0.25, 0.3) is 11.1 Å². The van der Waals surface area contributed by atoms with Crippen LogP contribution in [-0.2, 0) is 11.2 Å². The molecule has 2 nitrogen and oxygen atoms in total. The average Bonchev–Trinajstić information content (AvgIpc) is 2.95. The van der Waals surface area contributed by atoms with Gasteiger partial charge < -0.3 is 4.74 Å². The van der Waals surface area contributed by atoms with Gasteiger partial charge in [-0.2, -0.15) is 0 Å². The molecule has 3 rings (SSSR count). The lowest BCUT2D eigenvalue weighted by atomic mass is 10.0. The van der Waals surface area contributed by atoms with E-state index >= 15 is 0 Å². The molecule has 2 aromatic carbocycles. The molecule has 136 valence electrons. The monoisotopic (exact) mass is 451 g/mol. The minimum atomic E-state index is 0. The fourth-order valence-corrected chi connectivity index (χ4v) is 2.34. The van der Waals surface area contributed by atoms with E-state index in [9.17, 15) is 0 Å². The molecular formula is C22H30INO. The van der Waals surface area contributed by atoms with Crippen molar-refractivity contribution in [3.63, 3.8) is 0 Å². The van der Waals surface area contributed by atoms with E-state index in [1.165, 1.54) is 16.7 Å². The number of aryl methyl sites for hydroxylation is 1. The number of halogens is 1. The molecule has 2 aromatic rings. The van der Waals surface area contributed by atoms with E-state index in [4.69, 9.17) is 4.74 Å². The fourth-order valence-electron chi connectivity index (χ4n) is 2.34. The zero-order valence-corrected chi connectivity index (χ0v) is 18.1. The first-order chi connectivity index (χ1) is 11.5. The third kappa shape index (κ3) is 8.34. The largest absolute Gasteiger partial charge is 0.479 e. The standard InChI is InChI=1S/C14H14.C6H11NO.C2H4.HI/c1-2-12-8-10-14(11-9-12)13-6-4-3-5-7-13;1-5-7-6(2,3)4-8-5;1-2;/h3-11H,2H2,1H3;4H2,1-3H3;1-2H2;1H. The van der Waals surface area contributed by atoms with Gasteiger partial charge in [-0.15, -0.1) is 37.1 Å². The van der Waals surface area contributed by atoms with E-state index in [0.717, 1.165) is 18.9 Å². The van der Waals surface area contributed by atoms with E-state index in [0.29, 0.717) is 0 Å². The van der Waals surface area contributed by atoms with Crippen molar-refractivity contribution < 1.29 is 4.74 Å². The predicted octanol–water partition coefficient (Wildman–Crippen LogP) is 6.55. The highest BCUT2D eigenvalue weighted by Gasteiger charge is 2.23. The molecule has 25 heavy (non-hydrogen) atoms. The van der Waals surface area contributed by atoms with Crippen molar-refractivity contribution in [1.82, 2.24) is 0 Å². The molecule has 0 aliphatic carbocycles. The van der Waals surface area contributed by atoms with Gasteiger partial charge >= 0.3 is 0 Å². The Morgan fingerprint density at radius 2 is 1.48 bits per heavy atom. The summed E-state index contributed by atoms with van der Waals surface area (Å²) in [6.07, 6.45) is 1.11. The van der Waals surface area contributed by atoms with E-state index in [1.807, 2.05) is 13.0 Å². The number of benzene rings is 2. The molecule has 0 atom stereocenters. The molecule has 0 saturated heterocycles. The second kappa shape index (κ2) is 11.9. The Kier molecular flexibility index (Phi) is 11.1. The molecular weight excluding hydrogens is 421 g/mol. The SMILES string of the molecule is C=C.CC1=NC(C)(C)CO1.CCc1ccc(-c2ccccc2)cc1.I. The molecule has 0 radical (unpaired) electrons. The van der Waals surface area contributed by atoms with E-state index in [-0.39, 0.29) is 29.5 Å². The van der Waals surface area contributed by atoms with Crippen LogP contribution in [0.1, 0.15) is 33.3 Å². The molecule has 1 aliphatic rings. The minimum Gasteiger partial charge on any atom is -0.479 e. The number of aliphatic imine (C=N–C) groups is 1. The fraction of sp³-hybridized carbons (Fsp3) is 0.318. The third-order valence-electron chi connectivity index (χ3n) is 3.56. The van der Waals surface area contributed by atoms with Crippen LogP contribution in [0.3, 0.4) is 0 Å². The molecule has 3 heteroatoms. The summed E-state index contributed by atoms with van der Waals surface area (Å²) in [5.41, 5.74) is 4.01. The normalized spacial score (nSPS) is 13.7. The molecule has 0 bridgehead atoms. The molecule has 0 unspecified atom stereocenters. The van der Waals surface area contributed by atoms with E-state index in [2.05, 4.69) is 87.5 Å². The lowest BCUT2D eigenvalue weighted by molar-refractivity contribution is 0.277.